The summed E-state index contributed by atoms with van der Waals surface area (Å²) in [7, 11) is 0. The highest BCUT2D eigenvalue weighted by Crippen LogP contribution is 2.51. The van der Waals surface area contributed by atoms with Crippen LogP contribution in [0.1, 0.15) is 5.56 Å². The minimum absolute atomic E-state index is 0.0725. The van der Waals surface area contributed by atoms with Gasteiger partial charge in [-0.05, 0) is 16.7 Å². The molecule has 0 spiro atoms. The predicted molar refractivity (Wildman–Crippen MR) is 114 cm³/mol. The van der Waals surface area contributed by atoms with Crippen molar-refractivity contribution in [2.45, 2.75) is 6.61 Å². The summed E-state index contributed by atoms with van der Waals surface area (Å²) in [4.78, 5) is 13.6. The SMILES string of the molecule is O=C(OCc1ccccc1)Oc1c(-c2ccccc2)sc(-c2ccccc2)c1O. The van der Waals surface area contributed by atoms with Gasteiger partial charge in [0.1, 0.15) is 6.61 Å². The Kier molecular flexibility index (Phi) is 5.59. The lowest BCUT2D eigenvalue weighted by Crippen LogP contribution is -2.10. The molecule has 0 unspecified atom stereocenters. The highest BCUT2D eigenvalue weighted by molar-refractivity contribution is 7.19. The first-order valence-corrected chi connectivity index (χ1v) is 9.89. The molecule has 0 fully saturated rings. The van der Waals surface area contributed by atoms with Crippen LogP contribution in [0, 0.1) is 0 Å². The van der Waals surface area contributed by atoms with Gasteiger partial charge in [0.05, 0.1) is 9.75 Å². The van der Waals surface area contributed by atoms with E-state index < -0.39 is 6.16 Å². The Morgan fingerprint density at radius 1 is 0.759 bits per heavy atom. The molecule has 0 amide bonds. The number of thiophene rings is 1. The van der Waals surface area contributed by atoms with Crippen molar-refractivity contribution in [1.29, 1.82) is 0 Å². The van der Waals surface area contributed by atoms with Crippen molar-refractivity contribution in [2.24, 2.45) is 0 Å². The second-order valence-electron chi connectivity index (χ2n) is 6.30. The molecule has 29 heavy (non-hydrogen) atoms. The summed E-state index contributed by atoms with van der Waals surface area (Å²) in [5.74, 6) is 0.0369. The van der Waals surface area contributed by atoms with Gasteiger partial charge in [0, 0.05) is 0 Å². The molecular weight excluding hydrogens is 384 g/mol. The summed E-state index contributed by atoms with van der Waals surface area (Å²) in [5, 5.41) is 10.8. The Hall–Kier alpha value is -3.57. The minimum Gasteiger partial charge on any atom is -0.503 e. The topological polar surface area (TPSA) is 55.8 Å². The van der Waals surface area contributed by atoms with E-state index in [1.807, 2.05) is 91.0 Å². The Bertz CT molecular complexity index is 1090. The van der Waals surface area contributed by atoms with Crippen LogP contribution in [0.4, 0.5) is 4.79 Å². The van der Waals surface area contributed by atoms with Crippen molar-refractivity contribution in [3.63, 3.8) is 0 Å². The average Bonchev–Trinajstić information content (AvgIpc) is 3.10. The molecule has 0 saturated heterocycles. The van der Waals surface area contributed by atoms with Crippen LogP contribution in [0.3, 0.4) is 0 Å². The zero-order valence-corrected chi connectivity index (χ0v) is 16.3. The van der Waals surface area contributed by atoms with Crippen molar-refractivity contribution >= 4 is 17.5 Å². The lowest BCUT2D eigenvalue weighted by atomic mass is 10.1. The van der Waals surface area contributed by atoms with Crippen LogP contribution < -0.4 is 4.74 Å². The Balaban J connectivity index is 1.64. The van der Waals surface area contributed by atoms with Gasteiger partial charge >= 0.3 is 6.16 Å². The number of rotatable bonds is 5. The second kappa shape index (κ2) is 8.63. The molecule has 4 rings (SSSR count). The number of hydrogen-bond acceptors (Lipinski definition) is 5. The van der Waals surface area contributed by atoms with Crippen molar-refractivity contribution < 1.29 is 19.4 Å². The normalized spacial score (nSPS) is 10.5. The Morgan fingerprint density at radius 2 is 1.28 bits per heavy atom. The van der Waals surface area contributed by atoms with Gasteiger partial charge in [0.15, 0.2) is 11.5 Å². The van der Waals surface area contributed by atoms with E-state index in [4.69, 9.17) is 9.47 Å². The molecule has 144 valence electrons. The first-order valence-electron chi connectivity index (χ1n) is 9.07. The van der Waals surface area contributed by atoms with Crippen LogP contribution in [0.2, 0.25) is 0 Å². The van der Waals surface area contributed by atoms with Gasteiger partial charge in [0.2, 0.25) is 0 Å². The molecule has 1 N–H and O–H groups in total. The van der Waals surface area contributed by atoms with E-state index in [2.05, 4.69) is 0 Å². The van der Waals surface area contributed by atoms with Crippen molar-refractivity contribution in [2.75, 3.05) is 0 Å². The van der Waals surface area contributed by atoms with Crippen molar-refractivity contribution in [3.05, 3.63) is 96.6 Å². The van der Waals surface area contributed by atoms with Gasteiger partial charge in [-0.15, -0.1) is 11.3 Å². The monoisotopic (exact) mass is 402 g/mol. The number of hydrogen-bond donors (Lipinski definition) is 1. The fourth-order valence-corrected chi connectivity index (χ4v) is 4.03. The fraction of sp³-hybridized carbons (Fsp3) is 0.0417. The number of benzene rings is 3. The highest BCUT2D eigenvalue weighted by atomic mass is 32.1. The lowest BCUT2D eigenvalue weighted by Gasteiger charge is -2.08. The zero-order valence-electron chi connectivity index (χ0n) is 15.4. The number of carbonyl (C=O) groups excluding carboxylic acids is 1. The van der Waals surface area contributed by atoms with Crippen LogP contribution in [-0.4, -0.2) is 11.3 Å². The van der Waals surface area contributed by atoms with Crippen LogP contribution in [0.5, 0.6) is 11.5 Å². The van der Waals surface area contributed by atoms with Gasteiger partial charge in [-0.25, -0.2) is 4.79 Å². The molecule has 0 saturated carbocycles. The van der Waals surface area contributed by atoms with Crippen LogP contribution in [0.15, 0.2) is 91.0 Å². The summed E-state index contributed by atoms with van der Waals surface area (Å²) in [5.41, 5.74) is 2.55. The van der Waals surface area contributed by atoms with E-state index in [0.29, 0.717) is 9.75 Å². The van der Waals surface area contributed by atoms with E-state index >= 15 is 0 Å². The average molecular weight is 402 g/mol. The highest BCUT2D eigenvalue weighted by Gasteiger charge is 2.24. The van der Waals surface area contributed by atoms with Gasteiger partial charge in [0.25, 0.3) is 0 Å². The third-order valence-corrected chi connectivity index (χ3v) is 5.56. The number of aromatic hydroxyl groups is 1. The summed E-state index contributed by atoms with van der Waals surface area (Å²) >= 11 is 1.37. The first kappa shape index (κ1) is 18.8. The van der Waals surface area contributed by atoms with Crippen molar-refractivity contribution in [1.82, 2.24) is 0 Å². The van der Waals surface area contributed by atoms with E-state index in [9.17, 15) is 9.90 Å². The van der Waals surface area contributed by atoms with Gasteiger partial charge in [-0.2, -0.15) is 0 Å². The maximum absolute atomic E-state index is 12.3. The summed E-state index contributed by atoms with van der Waals surface area (Å²) in [6, 6.07) is 28.4. The molecule has 4 aromatic rings. The van der Waals surface area contributed by atoms with E-state index in [1.54, 1.807) is 0 Å². The van der Waals surface area contributed by atoms with E-state index in [1.165, 1.54) is 11.3 Å². The molecule has 0 aliphatic carbocycles. The molecule has 5 heteroatoms. The maximum atomic E-state index is 12.3. The van der Waals surface area contributed by atoms with E-state index in [-0.39, 0.29) is 18.1 Å². The Labute approximate surface area is 172 Å². The summed E-state index contributed by atoms with van der Waals surface area (Å²) in [6.07, 6.45) is -0.862. The number of carbonyl (C=O) groups is 1. The maximum Gasteiger partial charge on any atom is 0.514 e. The quantitative estimate of drug-likeness (QED) is 0.387. The van der Waals surface area contributed by atoms with E-state index in [0.717, 1.165) is 16.7 Å². The van der Waals surface area contributed by atoms with Gasteiger partial charge < -0.3 is 14.6 Å². The van der Waals surface area contributed by atoms with Crippen molar-refractivity contribution in [3.8, 4) is 32.4 Å². The molecule has 4 nitrogen and oxygen atoms in total. The van der Waals surface area contributed by atoms with Crippen LogP contribution in [-0.2, 0) is 11.3 Å². The molecule has 3 aromatic carbocycles. The predicted octanol–water partition coefficient (Wildman–Crippen LogP) is 6.50. The molecule has 0 aliphatic rings. The largest absolute Gasteiger partial charge is 0.514 e. The van der Waals surface area contributed by atoms with Crippen LogP contribution in [0.25, 0.3) is 20.9 Å². The molecule has 0 bridgehead atoms. The molecule has 0 radical (unpaired) electrons. The third kappa shape index (κ3) is 4.31. The van der Waals surface area contributed by atoms with Gasteiger partial charge in [-0.1, -0.05) is 91.0 Å². The molecule has 0 aliphatic heterocycles. The summed E-state index contributed by atoms with van der Waals surface area (Å²) < 4.78 is 10.7. The number of ether oxygens (including phenoxy) is 2. The standard InChI is InChI=1S/C24H18O4S/c25-20-21(28-24(26)27-16-17-10-4-1-5-11-17)23(19-14-8-3-9-15-19)29-22(20)18-12-6-2-7-13-18/h1-15,25H,16H2. The first-order chi connectivity index (χ1) is 14.2. The molecule has 1 heterocycles. The molecule has 0 atom stereocenters. The summed E-state index contributed by atoms with van der Waals surface area (Å²) in [6.45, 7) is 0.0940. The zero-order chi connectivity index (χ0) is 20.1. The molecule has 1 aromatic heterocycles. The lowest BCUT2D eigenvalue weighted by molar-refractivity contribution is 0.0921. The van der Waals surface area contributed by atoms with Gasteiger partial charge in [-0.3, -0.25) is 0 Å². The van der Waals surface area contributed by atoms with Crippen LogP contribution >= 0.6 is 11.3 Å². The molecular formula is C24H18O4S. The second-order valence-corrected chi connectivity index (χ2v) is 7.32. The third-order valence-electron chi connectivity index (χ3n) is 4.30. The minimum atomic E-state index is -0.862. The smallest absolute Gasteiger partial charge is 0.503 e. The fourth-order valence-electron chi connectivity index (χ4n) is 2.90. The Morgan fingerprint density at radius 3 is 1.86 bits per heavy atom.